The molecule has 0 amide bonds. The fourth-order valence-electron chi connectivity index (χ4n) is 2.05. The third-order valence-electron chi connectivity index (χ3n) is 3.00. The molecule has 0 saturated carbocycles. The van der Waals surface area contributed by atoms with E-state index in [9.17, 15) is 5.11 Å². The van der Waals surface area contributed by atoms with Crippen molar-refractivity contribution in [3.63, 3.8) is 0 Å². The lowest BCUT2D eigenvalue weighted by molar-refractivity contribution is 0.159. The zero-order valence-electron chi connectivity index (χ0n) is 10.6. The van der Waals surface area contributed by atoms with Gasteiger partial charge in [0, 0.05) is 11.6 Å². The number of hydrogen-bond acceptors (Lipinski definition) is 3. The SMILES string of the molecule is CCCn1c(C(N)C(C)O)nc2cc(Cl)ccc21. The molecule has 0 aliphatic rings. The maximum atomic E-state index is 9.64. The third-order valence-corrected chi connectivity index (χ3v) is 3.24. The number of imidazole rings is 1. The minimum Gasteiger partial charge on any atom is -0.391 e. The summed E-state index contributed by atoms with van der Waals surface area (Å²) in [6.45, 7) is 4.60. The molecular formula is C13H18ClN3O. The van der Waals surface area contributed by atoms with Crippen molar-refractivity contribution in [3.8, 4) is 0 Å². The highest BCUT2D eigenvalue weighted by atomic mass is 35.5. The predicted molar refractivity (Wildman–Crippen MR) is 73.6 cm³/mol. The van der Waals surface area contributed by atoms with Crippen LogP contribution in [-0.2, 0) is 6.54 Å². The van der Waals surface area contributed by atoms with Gasteiger partial charge in [0.05, 0.1) is 23.2 Å². The van der Waals surface area contributed by atoms with Crippen molar-refractivity contribution in [2.24, 2.45) is 5.73 Å². The van der Waals surface area contributed by atoms with Crippen LogP contribution in [0.3, 0.4) is 0 Å². The van der Waals surface area contributed by atoms with Gasteiger partial charge in [0.1, 0.15) is 5.82 Å². The lowest BCUT2D eigenvalue weighted by Gasteiger charge is -2.16. The number of aliphatic hydroxyl groups is 1. The molecule has 2 atom stereocenters. The standard InChI is InChI=1S/C13H18ClN3O/c1-3-6-17-11-5-4-9(14)7-10(11)16-13(17)12(15)8(2)18/h4-5,7-8,12,18H,3,6,15H2,1-2H3. The minimum absolute atomic E-state index is 0.484. The Labute approximate surface area is 111 Å². The maximum absolute atomic E-state index is 9.64. The number of hydrogen-bond donors (Lipinski definition) is 2. The normalized spacial score (nSPS) is 14.9. The molecule has 2 unspecified atom stereocenters. The molecule has 0 saturated heterocycles. The number of fused-ring (bicyclic) bond motifs is 1. The van der Waals surface area contributed by atoms with Crippen molar-refractivity contribution >= 4 is 22.6 Å². The number of aliphatic hydroxyl groups excluding tert-OH is 1. The average Bonchev–Trinajstić information content (AvgIpc) is 2.66. The molecule has 0 spiro atoms. The highest BCUT2D eigenvalue weighted by molar-refractivity contribution is 6.31. The van der Waals surface area contributed by atoms with E-state index >= 15 is 0 Å². The lowest BCUT2D eigenvalue weighted by Crippen LogP contribution is -2.26. The number of halogens is 1. The highest BCUT2D eigenvalue weighted by Crippen LogP contribution is 2.24. The first-order valence-electron chi connectivity index (χ1n) is 6.14. The van der Waals surface area contributed by atoms with Crippen LogP contribution < -0.4 is 5.73 Å². The van der Waals surface area contributed by atoms with E-state index < -0.39 is 12.1 Å². The fourth-order valence-corrected chi connectivity index (χ4v) is 2.22. The van der Waals surface area contributed by atoms with Gasteiger partial charge in [-0.25, -0.2) is 4.98 Å². The van der Waals surface area contributed by atoms with Gasteiger partial charge >= 0.3 is 0 Å². The van der Waals surface area contributed by atoms with E-state index in [1.54, 1.807) is 6.92 Å². The van der Waals surface area contributed by atoms with Crippen LogP contribution in [0.2, 0.25) is 5.02 Å². The number of aryl methyl sites for hydroxylation is 1. The Morgan fingerprint density at radius 3 is 2.83 bits per heavy atom. The third kappa shape index (κ3) is 2.36. The number of nitrogens with zero attached hydrogens (tertiary/aromatic N) is 2. The Hall–Kier alpha value is -1.10. The van der Waals surface area contributed by atoms with Crippen LogP contribution in [0.5, 0.6) is 0 Å². The maximum Gasteiger partial charge on any atom is 0.129 e. The van der Waals surface area contributed by atoms with Gasteiger partial charge in [0.25, 0.3) is 0 Å². The Bertz CT molecular complexity index is 550. The van der Waals surface area contributed by atoms with E-state index in [0.29, 0.717) is 10.8 Å². The molecule has 2 aromatic rings. The first-order valence-corrected chi connectivity index (χ1v) is 6.51. The van der Waals surface area contributed by atoms with Crippen LogP contribution in [0.4, 0.5) is 0 Å². The number of rotatable bonds is 4. The van der Waals surface area contributed by atoms with Crippen molar-refractivity contribution < 1.29 is 5.11 Å². The summed E-state index contributed by atoms with van der Waals surface area (Å²) in [7, 11) is 0. The van der Waals surface area contributed by atoms with Crippen LogP contribution in [-0.4, -0.2) is 20.8 Å². The number of nitrogens with two attached hydrogens (primary N) is 1. The fraction of sp³-hybridized carbons (Fsp3) is 0.462. The van der Waals surface area contributed by atoms with Gasteiger partial charge in [-0.15, -0.1) is 0 Å². The first-order chi connectivity index (χ1) is 8.54. The molecule has 18 heavy (non-hydrogen) atoms. The monoisotopic (exact) mass is 267 g/mol. The van der Waals surface area contributed by atoms with E-state index in [2.05, 4.69) is 16.5 Å². The Morgan fingerprint density at radius 1 is 1.50 bits per heavy atom. The largest absolute Gasteiger partial charge is 0.391 e. The summed E-state index contributed by atoms with van der Waals surface area (Å²) in [5.41, 5.74) is 7.83. The van der Waals surface area contributed by atoms with E-state index in [-0.39, 0.29) is 0 Å². The molecule has 0 radical (unpaired) electrons. The number of benzene rings is 1. The minimum atomic E-state index is -0.632. The summed E-state index contributed by atoms with van der Waals surface area (Å²) in [6.07, 6.45) is 0.348. The van der Waals surface area contributed by atoms with Gasteiger partial charge in [-0.1, -0.05) is 18.5 Å². The Morgan fingerprint density at radius 2 is 2.22 bits per heavy atom. The van der Waals surface area contributed by atoms with Crippen LogP contribution in [0, 0.1) is 0 Å². The molecule has 3 N–H and O–H groups in total. The van der Waals surface area contributed by atoms with Crippen LogP contribution in [0.25, 0.3) is 11.0 Å². The topological polar surface area (TPSA) is 64.1 Å². The van der Waals surface area contributed by atoms with Crippen molar-refractivity contribution in [1.82, 2.24) is 9.55 Å². The average molecular weight is 268 g/mol. The number of aromatic nitrogens is 2. The summed E-state index contributed by atoms with van der Waals surface area (Å²) in [6, 6.07) is 5.12. The van der Waals surface area contributed by atoms with Gasteiger partial charge in [-0.2, -0.15) is 0 Å². The lowest BCUT2D eigenvalue weighted by atomic mass is 10.2. The summed E-state index contributed by atoms with van der Waals surface area (Å²) in [5, 5.41) is 10.3. The van der Waals surface area contributed by atoms with E-state index in [4.69, 9.17) is 17.3 Å². The molecular weight excluding hydrogens is 250 g/mol. The summed E-state index contributed by atoms with van der Waals surface area (Å²) in [4.78, 5) is 4.51. The zero-order chi connectivity index (χ0) is 13.3. The Balaban J connectivity index is 2.60. The van der Waals surface area contributed by atoms with Gasteiger partial charge < -0.3 is 15.4 Å². The van der Waals surface area contributed by atoms with E-state index in [1.807, 2.05) is 18.2 Å². The molecule has 1 heterocycles. The van der Waals surface area contributed by atoms with Crippen molar-refractivity contribution in [2.75, 3.05) is 0 Å². The van der Waals surface area contributed by atoms with Crippen LogP contribution in [0.15, 0.2) is 18.2 Å². The van der Waals surface area contributed by atoms with Crippen LogP contribution >= 0.6 is 11.6 Å². The molecule has 0 aliphatic heterocycles. The molecule has 98 valence electrons. The molecule has 0 bridgehead atoms. The van der Waals surface area contributed by atoms with E-state index in [0.717, 1.165) is 24.0 Å². The van der Waals surface area contributed by atoms with Gasteiger partial charge in [-0.05, 0) is 31.5 Å². The summed E-state index contributed by atoms with van der Waals surface area (Å²) >= 11 is 5.97. The molecule has 0 aliphatic carbocycles. The summed E-state index contributed by atoms with van der Waals surface area (Å²) < 4.78 is 2.06. The van der Waals surface area contributed by atoms with Gasteiger partial charge in [0.2, 0.25) is 0 Å². The van der Waals surface area contributed by atoms with Crippen molar-refractivity contribution in [1.29, 1.82) is 0 Å². The predicted octanol–water partition coefficient (Wildman–Crippen LogP) is 2.48. The Kier molecular flexibility index (Phi) is 3.90. The molecule has 1 aromatic heterocycles. The summed E-state index contributed by atoms with van der Waals surface area (Å²) in [5.74, 6) is 0.712. The molecule has 2 rings (SSSR count). The van der Waals surface area contributed by atoms with E-state index in [1.165, 1.54) is 0 Å². The van der Waals surface area contributed by atoms with Gasteiger partial charge in [-0.3, -0.25) is 0 Å². The quantitative estimate of drug-likeness (QED) is 0.895. The van der Waals surface area contributed by atoms with Crippen molar-refractivity contribution in [3.05, 3.63) is 29.0 Å². The van der Waals surface area contributed by atoms with Gasteiger partial charge in [0.15, 0.2) is 0 Å². The zero-order valence-corrected chi connectivity index (χ0v) is 11.4. The second-order valence-corrected chi connectivity index (χ2v) is 4.96. The highest BCUT2D eigenvalue weighted by Gasteiger charge is 2.20. The first kappa shape index (κ1) is 13.3. The molecule has 5 heteroatoms. The second kappa shape index (κ2) is 5.26. The molecule has 4 nitrogen and oxygen atoms in total. The molecule has 1 aromatic carbocycles. The molecule has 0 fully saturated rings. The van der Waals surface area contributed by atoms with Crippen LogP contribution in [0.1, 0.15) is 32.1 Å². The second-order valence-electron chi connectivity index (χ2n) is 4.52. The smallest absolute Gasteiger partial charge is 0.129 e. The van der Waals surface area contributed by atoms with Crippen molar-refractivity contribution in [2.45, 2.75) is 39.0 Å².